The van der Waals surface area contributed by atoms with Crippen molar-refractivity contribution in [3.63, 3.8) is 0 Å². The topological polar surface area (TPSA) is 32.3 Å². The summed E-state index contributed by atoms with van der Waals surface area (Å²) in [6.45, 7) is 3.09. The van der Waals surface area contributed by atoms with Crippen LogP contribution in [-0.2, 0) is 4.79 Å². The molecule has 1 N–H and O–H groups in total. The Hall–Kier alpha value is -2.15. The molecule has 2 aromatic carbocycles. The monoisotopic (exact) mass is 340 g/mol. The van der Waals surface area contributed by atoms with Crippen molar-refractivity contribution in [2.24, 2.45) is 0 Å². The minimum atomic E-state index is -4.69. The number of halogens is 4. The van der Waals surface area contributed by atoms with Gasteiger partial charge < -0.3 is 0 Å². The molecule has 0 saturated carbocycles. The van der Waals surface area contributed by atoms with Gasteiger partial charge in [-0.2, -0.15) is 18.2 Å². The highest BCUT2D eigenvalue weighted by molar-refractivity contribution is 5.86. The second-order valence-electron chi connectivity index (χ2n) is 6.55. The fourth-order valence-corrected chi connectivity index (χ4v) is 3.21. The van der Waals surface area contributed by atoms with Gasteiger partial charge in [0.1, 0.15) is 5.82 Å². The standard InChI is InChI=1S/C17H16F4N2O/c1-16(2)9-14(24)22-23(16)15(17(19,20)21)13-8-11(18)7-10-5-3-4-6-12(10)13/h3-8,15H,9H2,1-2H3,(H,22,24)/t15-/m0/s1. The van der Waals surface area contributed by atoms with Crippen molar-refractivity contribution in [1.82, 2.24) is 10.4 Å². The van der Waals surface area contributed by atoms with Gasteiger partial charge in [0.2, 0.25) is 5.91 Å². The quantitative estimate of drug-likeness (QED) is 0.835. The largest absolute Gasteiger partial charge is 0.409 e. The Morgan fingerprint density at radius 3 is 2.46 bits per heavy atom. The first-order valence-electron chi connectivity index (χ1n) is 7.43. The summed E-state index contributed by atoms with van der Waals surface area (Å²) in [4.78, 5) is 11.7. The summed E-state index contributed by atoms with van der Waals surface area (Å²) in [7, 11) is 0. The summed E-state index contributed by atoms with van der Waals surface area (Å²) in [5.41, 5.74) is 1.02. The number of hydrogen-bond donors (Lipinski definition) is 1. The molecule has 0 bridgehead atoms. The first-order valence-corrected chi connectivity index (χ1v) is 7.43. The number of amides is 1. The molecule has 0 radical (unpaired) electrons. The molecule has 0 aliphatic carbocycles. The van der Waals surface area contributed by atoms with E-state index in [1.165, 1.54) is 12.1 Å². The third-order valence-electron chi connectivity index (χ3n) is 4.21. The molecule has 128 valence electrons. The lowest BCUT2D eigenvalue weighted by Crippen LogP contribution is -2.51. The summed E-state index contributed by atoms with van der Waals surface area (Å²) >= 11 is 0. The maximum atomic E-state index is 13.9. The van der Waals surface area contributed by atoms with Gasteiger partial charge in [-0.25, -0.2) is 4.39 Å². The minimum Gasteiger partial charge on any atom is -0.287 e. The SMILES string of the molecule is CC1(C)CC(=O)NN1[C@@H](c1cc(F)cc2ccccc12)C(F)(F)F. The lowest BCUT2D eigenvalue weighted by Gasteiger charge is -2.38. The Bertz CT molecular complexity index is 801. The summed E-state index contributed by atoms with van der Waals surface area (Å²) in [6, 6.07) is 6.26. The maximum absolute atomic E-state index is 13.9. The number of benzene rings is 2. The molecule has 1 atom stereocenters. The Labute approximate surface area is 136 Å². The minimum absolute atomic E-state index is 0.0627. The first kappa shape index (κ1) is 16.7. The highest BCUT2D eigenvalue weighted by atomic mass is 19.4. The number of hydrazine groups is 1. The molecule has 3 rings (SSSR count). The molecule has 24 heavy (non-hydrogen) atoms. The summed E-state index contributed by atoms with van der Waals surface area (Å²) in [5, 5.41) is 1.57. The molecular weight excluding hydrogens is 324 g/mol. The van der Waals surface area contributed by atoms with E-state index in [1.807, 2.05) is 0 Å². The van der Waals surface area contributed by atoms with Crippen molar-refractivity contribution in [3.8, 4) is 0 Å². The molecule has 1 saturated heterocycles. The molecule has 2 aromatic rings. The number of rotatable bonds is 2. The van der Waals surface area contributed by atoms with Gasteiger partial charge in [-0.15, -0.1) is 0 Å². The van der Waals surface area contributed by atoms with E-state index < -0.39 is 29.5 Å². The van der Waals surface area contributed by atoms with Crippen LogP contribution in [0.5, 0.6) is 0 Å². The molecule has 7 heteroatoms. The highest BCUT2D eigenvalue weighted by Gasteiger charge is 2.53. The van der Waals surface area contributed by atoms with E-state index in [9.17, 15) is 22.4 Å². The van der Waals surface area contributed by atoms with Crippen molar-refractivity contribution in [2.75, 3.05) is 0 Å². The van der Waals surface area contributed by atoms with Crippen LogP contribution >= 0.6 is 0 Å². The number of alkyl halides is 3. The summed E-state index contributed by atoms with van der Waals surface area (Å²) in [5.74, 6) is -1.24. The zero-order valence-corrected chi connectivity index (χ0v) is 13.1. The molecule has 3 nitrogen and oxygen atoms in total. The van der Waals surface area contributed by atoms with Gasteiger partial charge in [-0.05, 0) is 42.3 Å². The smallest absolute Gasteiger partial charge is 0.287 e. The van der Waals surface area contributed by atoms with E-state index in [0.29, 0.717) is 10.8 Å². The van der Waals surface area contributed by atoms with Gasteiger partial charge in [-0.1, -0.05) is 24.3 Å². The second-order valence-corrected chi connectivity index (χ2v) is 6.55. The number of fused-ring (bicyclic) bond motifs is 1. The van der Waals surface area contributed by atoms with Gasteiger partial charge in [-0.3, -0.25) is 10.2 Å². The molecule has 1 amide bonds. The highest BCUT2D eigenvalue weighted by Crippen LogP contribution is 2.44. The van der Waals surface area contributed by atoms with Crippen LogP contribution < -0.4 is 5.43 Å². The van der Waals surface area contributed by atoms with Gasteiger partial charge in [0.05, 0.1) is 0 Å². The van der Waals surface area contributed by atoms with Crippen LogP contribution in [0.25, 0.3) is 10.8 Å². The molecule has 0 unspecified atom stereocenters. The number of carbonyl (C=O) groups excluding carboxylic acids is 1. The third kappa shape index (κ3) is 2.84. The second kappa shape index (κ2) is 5.44. The fraction of sp³-hybridized carbons (Fsp3) is 0.353. The Morgan fingerprint density at radius 2 is 1.88 bits per heavy atom. The summed E-state index contributed by atoms with van der Waals surface area (Å²) in [6.07, 6.45) is -4.75. The predicted octanol–water partition coefficient (Wildman–Crippen LogP) is 4.10. The average molecular weight is 340 g/mol. The van der Waals surface area contributed by atoms with Crippen molar-refractivity contribution in [1.29, 1.82) is 0 Å². The van der Waals surface area contributed by atoms with Crippen LogP contribution in [0.2, 0.25) is 0 Å². The molecule has 0 aromatic heterocycles. The number of carbonyl (C=O) groups is 1. The van der Waals surface area contributed by atoms with Crippen LogP contribution in [0.3, 0.4) is 0 Å². The van der Waals surface area contributed by atoms with E-state index in [4.69, 9.17) is 0 Å². The summed E-state index contributed by atoms with van der Waals surface area (Å²) < 4.78 is 55.5. The zero-order chi connectivity index (χ0) is 17.7. The van der Waals surface area contributed by atoms with Crippen molar-refractivity contribution in [2.45, 2.75) is 38.0 Å². The lowest BCUT2D eigenvalue weighted by molar-refractivity contribution is -0.203. The van der Waals surface area contributed by atoms with E-state index in [2.05, 4.69) is 5.43 Å². The Kier molecular flexibility index (Phi) is 3.79. The van der Waals surface area contributed by atoms with Crippen LogP contribution in [0.1, 0.15) is 31.9 Å². The molecule has 1 heterocycles. The fourth-order valence-electron chi connectivity index (χ4n) is 3.21. The van der Waals surface area contributed by atoms with Crippen LogP contribution in [0.15, 0.2) is 36.4 Å². The predicted molar refractivity (Wildman–Crippen MR) is 81.4 cm³/mol. The number of nitrogens with one attached hydrogen (secondary N) is 1. The maximum Gasteiger partial charge on any atom is 0.409 e. The van der Waals surface area contributed by atoms with Gasteiger partial charge in [0.15, 0.2) is 6.04 Å². The average Bonchev–Trinajstić information content (AvgIpc) is 2.70. The Balaban J connectivity index is 2.24. The van der Waals surface area contributed by atoms with E-state index >= 15 is 0 Å². The Morgan fingerprint density at radius 1 is 1.21 bits per heavy atom. The van der Waals surface area contributed by atoms with Crippen molar-refractivity contribution in [3.05, 3.63) is 47.8 Å². The molecule has 0 spiro atoms. The first-order chi connectivity index (χ1) is 11.1. The van der Waals surface area contributed by atoms with Crippen LogP contribution in [0, 0.1) is 5.82 Å². The van der Waals surface area contributed by atoms with Gasteiger partial charge in [0, 0.05) is 12.0 Å². The van der Waals surface area contributed by atoms with Crippen LogP contribution in [-0.4, -0.2) is 22.6 Å². The van der Waals surface area contributed by atoms with E-state index in [-0.39, 0.29) is 12.0 Å². The van der Waals surface area contributed by atoms with Crippen molar-refractivity contribution >= 4 is 16.7 Å². The number of hydrogen-bond acceptors (Lipinski definition) is 2. The van der Waals surface area contributed by atoms with E-state index in [0.717, 1.165) is 11.1 Å². The normalized spacial score (nSPS) is 19.5. The van der Waals surface area contributed by atoms with E-state index in [1.54, 1.807) is 32.0 Å². The van der Waals surface area contributed by atoms with Crippen LogP contribution in [0.4, 0.5) is 17.6 Å². The molecule has 1 aliphatic rings. The van der Waals surface area contributed by atoms with Gasteiger partial charge >= 0.3 is 6.18 Å². The lowest BCUT2D eigenvalue weighted by atomic mass is 9.93. The molecule has 1 fully saturated rings. The zero-order valence-electron chi connectivity index (χ0n) is 13.1. The molecular formula is C17H16F4N2O. The molecule has 1 aliphatic heterocycles. The third-order valence-corrected chi connectivity index (χ3v) is 4.21. The van der Waals surface area contributed by atoms with Crippen molar-refractivity contribution < 1.29 is 22.4 Å². The number of nitrogens with zero attached hydrogens (tertiary/aromatic N) is 1. The van der Waals surface area contributed by atoms with Gasteiger partial charge in [0.25, 0.3) is 0 Å².